The number of fused-ring (bicyclic) bond motifs is 8. The van der Waals surface area contributed by atoms with Crippen molar-refractivity contribution in [2.24, 2.45) is 11.8 Å². The molecule has 82 valence electrons. The van der Waals surface area contributed by atoms with Gasteiger partial charge in [-0.2, -0.15) is 0 Å². The number of ether oxygens (including phenoxy) is 1. The van der Waals surface area contributed by atoms with Crippen molar-refractivity contribution in [1.29, 1.82) is 0 Å². The van der Waals surface area contributed by atoms with Gasteiger partial charge in [-0.3, -0.25) is 4.90 Å². The molecule has 1 aliphatic carbocycles. The number of rotatable bonds is 0. The number of piperidine rings is 1. The maximum atomic E-state index is 11.8. The molecule has 0 radical (unpaired) electrons. The summed E-state index contributed by atoms with van der Waals surface area (Å²) in [5.41, 5.74) is 2.69. The minimum atomic E-state index is -0.168. The molecule has 0 N–H and O–H groups in total. The van der Waals surface area contributed by atoms with Crippen molar-refractivity contribution < 1.29 is 9.53 Å². The Morgan fingerprint density at radius 1 is 1.25 bits per heavy atom. The highest BCUT2D eigenvalue weighted by Crippen LogP contribution is 2.70. The van der Waals surface area contributed by atoms with Gasteiger partial charge in [-0.1, -0.05) is 24.3 Å². The summed E-state index contributed by atoms with van der Waals surface area (Å²) < 4.78 is 4.90. The first kappa shape index (κ1) is 8.62. The van der Waals surface area contributed by atoms with Gasteiger partial charge in [-0.15, -0.1) is 0 Å². The fourth-order valence-corrected chi connectivity index (χ4v) is 3.69. The van der Waals surface area contributed by atoms with Crippen LogP contribution in [0.5, 0.6) is 0 Å². The molecule has 4 rings (SSSR count). The summed E-state index contributed by atoms with van der Waals surface area (Å²) >= 11 is 0. The second kappa shape index (κ2) is 2.59. The number of hydrogen-bond donors (Lipinski definition) is 0. The van der Waals surface area contributed by atoms with Gasteiger partial charge in [0.25, 0.3) is 0 Å². The average molecular weight is 215 g/mol. The topological polar surface area (TPSA) is 29.5 Å². The molecule has 2 fully saturated rings. The molecule has 1 saturated heterocycles. The van der Waals surface area contributed by atoms with E-state index in [2.05, 4.69) is 24.3 Å². The molecule has 1 amide bonds. The highest BCUT2D eigenvalue weighted by molar-refractivity contribution is 5.72. The molecule has 0 unspecified atom stereocenters. The first-order valence-corrected chi connectivity index (χ1v) is 5.78. The van der Waals surface area contributed by atoms with Gasteiger partial charge in [-0.25, -0.2) is 4.79 Å². The number of benzene rings is 1. The van der Waals surface area contributed by atoms with E-state index in [-0.39, 0.29) is 6.09 Å². The number of nitrogens with zero attached hydrogens (tertiary/aromatic N) is 1. The molecule has 2 aliphatic heterocycles. The highest BCUT2D eigenvalue weighted by Gasteiger charge is 2.65. The molecule has 0 spiro atoms. The van der Waals surface area contributed by atoms with Crippen LogP contribution in [-0.2, 0) is 4.74 Å². The van der Waals surface area contributed by atoms with Crippen molar-refractivity contribution in [3.8, 4) is 0 Å². The summed E-state index contributed by atoms with van der Waals surface area (Å²) in [5.74, 6) is 1.39. The van der Waals surface area contributed by atoms with E-state index in [1.165, 1.54) is 24.7 Å². The average Bonchev–Trinajstić information content (AvgIpc) is 2.97. The predicted molar refractivity (Wildman–Crippen MR) is 57.8 cm³/mol. The maximum Gasteiger partial charge on any atom is 0.410 e. The third-order valence-corrected chi connectivity index (χ3v) is 4.32. The third kappa shape index (κ3) is 0.797. The van der Waals surface area contributed by atoms with Gasteiger partial charge in [0.15, 0.2) is 0 Å². The molecule has 3 heteroatoms. The monoisotopic (exact) mass is 215 g/mol. The zero-order valence-electron chi connectivity index (χ0n) is 9.09. The summed E-state index contributed by atoms with van der Waals surface area (Å²) in [5, 5.41) is 0. The van der Waals surface area contributed by atoms with Crippen molar-refractivity contribution in [1.82, 2.24) is 4.90 Å². The maximum absolute atomic E-state index is 11.8. The lowest BCUT2D eigenvalue weighted by molar-refractivity contribution is 0.100. The fraction of sp³-hybridized carbons (Fsp3) is 0.462. The zero-order chi connectivity index (χ0) is 10.9. The Morgan fingerprint density at radius 3 is 2.31 bits per heavy atom. The van der Waals surface area contributed by atoms with Crippen LogP contribution in [0.25, 0.3) is 0 Å². The summed E-state index contributed by atoms with van der Waals surface area (Å²) in [4.78, 5) is 13.8. The molecule has 2 bridgehead atoms. The molecular formula is C13H13NO2. The summed E-state index contributed by atoms with van der Waals surface area (Å²) in [7, 11) is 1.47. The molecule has 1 aromatic rings. The molecule has 1 aromatic carbocycles. The van der Waals surface area contributed by atoms with Crippen molar-refractivity contribution in [3.05, 3.63) is 35.4 Å². The van der Waals surface area contributed by atoms with E-state index in [1.54, 1.807) is 0 Å². The Bertz CT molecular complexity index is 450. The van der Waals surface area contributed by atoms with Crippen LogP contribution >= 0.6 is 0 Å². The van der Waals surface area contributed by atoms with E-state index in [9.17, 15) is 4.79 Å². The molecular weight excluding hydrogens is 202 g/mol. The van der Waals surface area contributed by atoms with E-state index >= 15 is 0 Å². The Balaban J connectivity index is 1.86. The Labute approximate surface area is 94.0 Å². The number of hydrogen-bond acceptors (Lipinski definition) is 2. The third-order valence-electron chi connectivity index (χ3n) is 4.32. The van der Waals surface area contributed by atoms with E-state index in [4.69, 9.17) is 4.74 Å². The standard InChI is InChI=1S/C13H13NO2/c1-16-13(15)14-11-7-4-2-3-5-8(7)12(14)10-6-9(10)11/h2-5,9-12H,6H2,1H3/t9-,10+,11+,12-. The van der Waals surface area contributed by atoms with Crippen molar-refractivity contribution in [3.63, 3.8) is 0 Å². The van der Waals surface area contributed by atoms with Gasteiger partial charge in [0.2, 0.25) is 0 Å². The van der Waals surface area contributed by atoms with Gasteiger partial charge in [0.1, 0.15) is 0 Å². The lowest BCUT2D eigenvalue weighted by Gasteiger charge is -2.23. The van der Waals surface area contributed by atoms with Gasteiger partial charge < -0.3 is 4.74 Å². The van der Waals surface area contributed by atoms with Crippen LogP contribution in [0.3, 0.4) is 0 Å². The van der Waals surface area contributed by atoms with Crippen LogP contribution in [0.15, 0.2) is 24.3 Å². The first-order chi connectivity index (χ1) is 7.83. The minimum Gasteiger partial charge on any atom is -0.453 e. The van der Waals surface area contributed by atoms with E-state index in [1.807, 2.05) is 4.90 Å². The zero-order valence-corrected chi connectivity index (χ0v) is 9.09. The number of amides is 1. The lowest BCUT2D eigenvalue weighted by atomic mass is 9.92. The van der Waals surface area contributed by atoms with E-state index < -0.39 is 0 Å². The summed E-state index contributed by atoms with van der Waals surface area (Å²) in [6.07, 6.45) is 1.11. The quantitative estimate of drug-likeness (QED) is 0.665. The van der Waals surface area contributed by atoms with Gasteiger partial charge in [0, 0.05) is 0 Å². The van der Waals surface area contributed by atoms with Gasteiger partial charge in [0.05, 0.1) is 19.2 Å². The van der Waals surface area contributed by atoms with Crippen molar-refractivity contribution in [2.45, 2.75) is 18.5 Å². The fourth-order valence-electron chi connectivity index (χ4n) is 3.69. The summed E-state index contributed by atoms with van der Waals surface area (Å²) in [6.45, 7) is 0. The van der Waals surface area contributed by atoms with E-state index in [0.717, 1.165) is 0 Å². The lowest BCUT2D eigenvalue weighted by Crippen LogP contribution is -2.30. The van der Waals surface area contributed by atoms with Gasteiger partial charge in [-0.05, 0) is 29.4 Å². The Kier molecular flexibility index (Phi) is 1.40. The normalized spacial score (nSPS) is 36.9. The molecule has 1 saturated carbocycles. The predicted octanol–water partition coefficient (Wildman–Crippen LogP) is 2.50. The van der Waals surface area contributed by atoms with Crippen LogP contribution < -0.4 is 0 Å². The molecule has 3 nitrogen and oxygen atoms in total. The minimum absolute atomic E-state index is 0.168. The largest absolute Gasteiger partial charge is 0.453 e. The van der Waals surface area contributed by atoms with Crippen LogP contribution in [0.1, 0.15) is 29.6 Å². The van der Waals surface area contributed by atoms with E-state index in [0.29, 0.717) is 23.9 Å². The molecule has 16 heavy (non-hydrogen) atoms. The Hall–Kier alpha value is -1.51. The number of carbonyl (C=O) groups is 1. The number of methoxy groups -OCH3 is 1. The Morgan fingerprint density at radius 2 is 1.81 bits per heavy atom. The van der Waals surface area contributed by atoms with Crippen LogP contribution in [0.2, 0.25) is 0 Å². The van der Waals surface area contributed by atoms with Crippen LogP contribution in [0, 0.1) is 11.8 Å². The second-order valence-electron chi connectivity index (χ2n) is 4.96. The summed E-state index contributed by atoms with van der Waals surface area (Å²) in [6, 6.07) is 9.02. The second-order valence-corrected chi connectivity index (χ2v) is 4.96. The smallest absolute Gasteiger partial charge is 0.410 e. The highest BCUT2D eigenvalue weighted by atomic mass is 16.5. The van der Waals surface area contributed by atoms with Gasteiger partial charge >= 0.3 is 6.09 Å². The molecule has 4 atom stereocenters. The molecule has 0 aromatic heterocycles. The van der Waals surface area contributed by atoms with Crippen LogP contribution in [-0.4, -0.2) is 18.1 Å². The SMILES string of the molecule is COC(=O)N1[C@@H]2c3ccccc3[C@H]1[C@@H]1C[C@@H]12. The first-order valence-electron chi connectivity index (χ1n) is 5.78. The van der Waals surface area contributed by atoms with Crippen molar-refractivity contribution >= 4 is 6.09 Å². The number of carbonyl (C=O) groups excluding carboxylic acids is 1. The molecule has 3 aliphatic rings. The molecule has 2 heterocycles. The van der Waals surface area contributed by atoms with Crippen LogP contribution in [0.4, 0.5) is 4.79 Å². The van der Waals surface area contributed by atoms with Crippen molar-refractivity contribution in [2.75, 3.05) is 7.11 Å².